The van der Waals surface area contributed by atoms with E-state index in [1.807, 2.05) is 7.05 Å². The SMILES string of the molecule is CCc1nnsc1C(Cc1cc(C)cc(C)c1)NC. The number of aromatic nitrogens is 2. The lowest BCUT2D eigenvalue weighted by molar-refractivity contribution is 0.595. The third-order valence-electron chi connectivity index (χ3n) is 3.31. The lowest BCUT2D eigenvalue weighted by atomic mass is 9.99. The zero-order chi connectivity index (χ0) is 13.8. The molecule has 0 aliphatic carbocycles. The van der Waals surface area contributed by atoms with E-state index in [0.29, 0.717) is 6.04 Å². The molecule has 0 fully saturated rings. The van der Waals surface area contributed by atoms with Crippen molar-refractivity contribution in [2.75, 3.05) is 7.05 Å². The Hall–Kier alpha value is -1.26. The quantitative estimate of drug-likeness (QED) is 0.910. The highest BCUT2D eigenvalue weighted by molar-refractivity contribution is 7.05. The molecule has 1 heterocycles. The fourth-order valence-corrected chi connectivity index (χ4v) is 3.32. The molecule has 4 heteroatoms. The largest absolute Gasteiger partial charge is 0.312 e. The van der Waals surface area contributed by atoms with Crippen molar-refractivity contribution in [1.82, 2.24) is 14.9 Å². The minimum atomic E-state index is 0.302. The van der Waals surface area contributed by atoms with Crippen LogP contribution in [0.15, 0.2) is 18.2 Å². The Bertz CT molecular complexity index is 528. The van der Waals surface area contributed by atoms with E-state index < -0.39 is 0 Å². The van der Waals surface area contributed by atoms with Crippen LogP contribution in [0, 0.1) is 13.8 Å². The van der Waals surface area contributed by atoms with E-state index in [0.717, 1.165) is 18.5 Å². The van der Waals surface area contributed by atoms with E-state index in [1.165, 1.54) is 33.1 Å². The van der Waals surface area contributed by atoms with Gasteiger partial charge in [-0.3, -0.25) is 0 Å². The molecule has 1 N–H and O–H groups in total. The van der Waals surface area contributed by atoms with Gasteiger partial charge in [-0.15, -0.1) is 5.10 Å². The number of hydrogen-bond acceptors (Lipinski definition) is 4. The van der Waals surface area contributed by atoms with E-state index in [1.54, 1.807) is 0 Å². The molecular weight excluding hydrogens is 254 g/mol. The van der Waals surface area contributed by atoms with E-state index >= 15 is 0 Å². The number of nitrogens with zero attached hydrogens (tertiary/aromatic N) is 2. The number of aryl methyl sites for hydroxylation is 3. The highest BCUT2D eigenvalue weighted by Crippen LogP contribution is 2.25. The van der Waals surface area contributed by atoms with Gasteiger partial charge in [0.15, 0.2) is 0 Å². The molecule has 3 nitrogen and oxygen atoms in total. The Morgan fingerprint density at radius 3 is 2.47 bits per heavy atom. The average molecular weight is 275 g/mol. The van der Waals surface area contributed by atoms with Crippen LogP contribution in [0.2, 0.25) is 0 Å². The van der Waals surface area contributed by atoms with Crippen molar-refractivity contribution >= 4 is 11.5 Å². The third-order valence-corrected chi connectivity index (χ3v) is 4.19. The molecular formula is C15H21N3S. The predicted molar refractivity (Wildman–Crippen MR) is 80.7 cm³/mol. The van der Waals surface area contributed by atoms with Gasteiger partial charge >= 0.3 is 0 Å². The summed E-state index contributed by atoms with van der Waals surface area (Å²) in [6.45, 7) is 6.43. The molecule has 2 aromatic rings. The second-order valence-corrected chi connectivity index (χ2v) is 5.76. The first kappa shape index (κ1) is 14.2. The van der Waals surface area contributed by atoms with Crippen molar-refractivity contribution < 1.29 is 0 Å². The van der Waals surface area contributed by atoms with Gasteiger partial charge in [0.05, 0.1) is 10.6 Å². The molecule has 0 aliphatic rings. The Kier molecular flexibility index (Phi) is 4.66. The summed E-state index contributed by atoms with van der Waals surface area (Å²) < 4.78 is 4.09. The van der Waals surface area contributed by atoms with E-state index in [9.17, 15) is 0 Å². The van der Waals surface area contributed by atoms with Crippen LogP contribution >= 0.6 is 11.5 Å². The van der Waals surface area contributed by atoms with Gasteiger partial charge in [0.2, 0.25) is 0 Å². The minimum Gasteiger partial charge on any atom is -0.312 e. The van der Waals surface area contributed by atoms with Crippen LogP contribution in [0.4, 0.5) is 0 Å². The zero-order valence-corrected chi connectivity index (χ0v) is 12.8. The molecule has 1 aromatic heterocycles. The Labute approximate surface area is 119 Å². The van der Waals surface area contributed by atoms with E-state index in [-0.39, 0.29) is 0 Å². The van der Waals surface area contributed by atoms with Crippen LogP contribution in [-0.2, 0) is 12.8 Å². The zero-order valence-electron chi connectivity index (χ0n) is 12.0. The molecule has 0 bridgehead atoms. The smallest absolute Gasteiger partial charge is 0.0801 e. The first-order chi connectivity index (χ1) is 9.13. The van der Waals surface area contributed by atoms with Crippen molar-refractivity contribution in [3.63, 3.8) is 0 Å². The van der Waals surface area contributed by atoms with E-state index in [4.69, 9.17) is 0 Å². The molecule has 0 radical (unpaired) electrons. The van der Waals surface area contributed by atoms with Crippen LogP contribution < -0.4 is 5.32 Å². The fourth-order valence-electron chi connectivity index (χ4n) is 2.47. The maximum absolute atomic E-state index is 4.21. The maximum atomic E-state index is 4.21. The summed E-state index contributed by atoms with van der Waals surface area (Å²) >= 11 is 1.51. The first-order valence-electron chi connectivity index (χ1n) is 6.69. The molecule has 102 valence electrons. The molecule has 0 spiro atoms. The number of benzene rings is 1. The highest BCUT2D eigenvalue weighted by Gasteiger charge is 2.17. The third kappa shape index (κ3) is 3.39. The monoisotopic (exact) mass is 275 g/mol. The van der Waals surface area contributed by atoms with Gasteiger partial charge in [0.1, 0.15) is 0 Å². The highest BCUT2D eigenvalue weighted by atomic mass is 32.1. The molecule has 19 heavy (non-hydrogen) atoms. The van der Waals surface area contributed by atoms with Gasteiger partial charge in [-0.25, -0.2) is 0 Å². The molecule has 0 amide bonds. The molecule has 0 saturated heterocycles. The summed E-state index contributed by atoms with van der Waals surface area (Å²) in [5.41, 5.74) is 5.13. The Morgan fingerprint density at radius 1 is 1.21 bits per heavy atom. The van der Waals surface area contributed by atoms with Crippen LogP contribution in [0.3, 0.4) is 0 Å². The van der Waals surface area contributed by atoms with Gasteiger partial charge in [-0.1, -0.05) is 40.7 Å². The molecule has 1 aromatic carbocycles. The topological polar surface area (TPSA) is 37.8 Å². The van der Waals surface area contributed by atoms with Gasteiger partial charge in [0.25, 0.3) is 0 Å². The standard InChI is InChI=1S/C15H21N3S/c1-5-13-15(19-18-17-13)14(16-4)9-12-7-10(2)6-11(3)8-12/h6-8,14,16H,5,9H2,1-4H3. The number of likely N-dealkylation sites (N-methyl/N-ethyl adjacent to an activating group) is 1. The van der Waals surface area contributed by atoms with Crippen LogP contribution in [0.25, 0.3) is 0 Å². The van der Waals surface area contributed by atoms with Crippen molar-refractivity contribution in [2.24, 2.45) is 0 Å². The van der Waals surface area contributed by atoms with Crippen LogP contribution in [0.1, 0.15) is 40.2 Å². The van der Waals surface area contributed by atoms with Crippen molar-refractivity contribution in [2.45, 2.75) is 39.7 Å². The number of hydrogen-bond donors (Lipinski definition) is 1. The van der Waals surface area contributed by atoms with Crippen molar-refractivity contribution in [3.8, 4) is 0 Å². The van der Waals surface area contributed by atoms with Crippen molar-refractivity contribution in [3.05, 3.63) is 45.5 Å². The molecule has 1 unspecified atom stereocenters. The average Bonchev–Trinajstić information content (AvgIpc) is 2.82. The van der Waals surface area contributed by atoms with Crippen LogP contribution in [-0.4, -0.2) is 16.6 Å². The second-order valence-electron chi connectivity index (χ2n) is 4.98. The Balaban J connectivity index is 2.24. The Morgan fingerprint density at radius 2 is 1.89 bits per heavy atom. The normalized spacial score (nSPS) is 12.6. The summed E-state index contributed by atoms with van der Waals surface area (Å²) in [4.78, 5) is 1.27. The molecule has 1 atom stereocenters. The minimum absolute atomic E-state index is 0.302. The first-order valence-corrected chi connectivity index (χ1v) is 7.47. The summed E-state index contributed by atoms with van der Waals surface area (Å²) in [6.07, 6.45) is 1.92. The molecule has 0 saturated carbocycles. The molecule has 0 aliphatic heterocycles. The summed E-state index contributed by atoms with van der Waals surface area (Å²) in [5, 5.41) is 7.61. The lowest BCUT2D eigenvalue weighted by Crippen LogP contribution is -2.19. The lowest BCUT2D eigenvalue weighted by Gasteiger charge is -2.16. The molecule has 2 rings (SSSR count). The van der Waals surface area contributed by atoms with E-state index in [2.05, 4.69) is 53.9 Å². The maximum Gasteiger partial charge on any atom is 0.0801 e. The summed E-state index contributed by atoms with van der Waals surface area (Å²) in [5.74, 6) is 0. The van der Waals surface area contributed by atoms with Gasteiger partial charge in [-0.2, -0.15) is 0 Å². The van der Waals surface area contributed by atoms with Gasteiger partial charge in [-0.05, 0) is 50.8 Å². The van der Waals surface area contributed by atoms with Crippen LogP contribution in [0.5, 0.6) is 0 Å². The number of rotatable bonds is 5. The predicted octanol–water partition coefficient (Wildman–Crippen LogP) is 3.22. The van der Waals surface area contributed by atoms with Crippen molar-refractivity contribution in [1.29, 1.82) is 0 Å². The fraction of sp³-hybridized carbons (Fsp3) is 0.467. The summed E-state index contributed by atoms with van der Waals surface area (Å²) in [6, 6.07) is 7.04. The van der Waals surface area contributed by atoms with Gasteiger partial charge in [0, 0.05) is 6.04 Å². The summed E-state index contributed by atoms with van der Waals surface area (Å²) in [7, 11) is 2.01. The van der Waals surface area contributed by atoms with Gasteiger partial charge < -0.3 is 5.32 Å². The number of nitrogens with one attached hydrogen (secondary N) is 1. The second kappa shape index (κ2) is 6.26.